The van der Waals surface area contributed by atoms with Gasteiger partial charge in [0.15, 0.2) is 5.16 Å². The highest BCUT2D eigenvalue weighted by atomic mass is 32.2. The van der Waals surface area contributed by atoms with Gasteiger partial charge in [-0.15, -0.1) is 11.3 Å². The summed E-state index contributed by atoms with van der Waals surface area (Å²) < 4.78 is 13.0. The van der Waals surface area contributed by atoms with Gasteiger partial charge in [0.1, 0.15) is 10.6 Å². The monoisotopic (exact) mass is 349 g/mol. The zero-order valence-electron chi connectivity index (χ0n) is 12.1. The maximum absolute atomic E-state index is 13.0. The van der Waals surface area contributed by atoms with Crippen molar-refractivity contribution in [2.75, 3.05) is 12.8 Å². The maximum Gasteiger partial charge on any atom is 0.260 e. The molecule has 0 aliphatic heterocycles. The van der Waals surface area contributed by atoms with Gasteiger partial charge in [-0.05, 0) is 17.7 Å². The lowest BCUT2D eigenvalue weighted by Gasteiger charge is -2.02. The molecule has 23 heavy (non-hydrogen) atoms. The van der Waals surface area contributed by atoms with Crippen LogP contribution in [0.4, 0.5) is 4.39 Å². The predicted octanol–water partition coefficient (Wildman–Crippen LogP) is 2.63. The van der Waals surface area contributed by atoms with Crippen LogP contribution in [0.5, 0.6) is 0 Å². The Morgan fingerprint density at radius 2 is 2.13 bits per heavy atom. The SMILES string of the molecule is CNC(=O)CSc1nc2scc(-c3ccc(F)cc3)c2c(=O)[nH]1. The van der Waals surface area contributed by atoms with Crippen molar-refractivity contribution in [2.24, 2.45) is 0 Å². The van der Waals surface area contributed by atoms with Crippen molar-refractivity contribution in [3.63, 3.8) is 0 Å². The minimum absolute atomic E-state index is 0.143. The van der Waals surface area contributed by atoms with Gasteiger partial charge < -0.3 is 10.3 Å². The van der Waals surface area contributed by atoms with Gasteiger partial charge >= 0.3 is 0 Å². The number of carbonyl (C=O) groups is 1. The van der Waals surface area contributed by atoms with E-state index in [-0.39, 0.29) is 23.0 Å². The number of nitrogens with zero attached hydrogens (tertiary/aromatic N) is 1. The quantitative estimate of drug-likeness (QED) is 0.561. The Bertz CT molecular complexity index is 919. The lowest BCUT2D eigenvalue weighted by molar-refractivity contribution is -0.118. The molecule has 0 bridgehead atoms. The van der Waals surface area contributed by atoms with Crippen molar-refractivity contribution in [1.82, 2.24) is 15.3 Å². The third-order valence-corrected chi connectivity index (χ3v) is 4.94. The third-order valence-electron chi connectivity index (χ3n) is 3.20. The number of aromatic amines is 1. The van der Waals surface area contributed by atoms with E-state index in [2.05, 4.69) is 15.3 Å². The molecule has 8 heteroatoms. The Balaban J connectivity index is 1.99. The van der Waals surface area contributed by atoms with Crippen LogP contribution in [0.25, 0.3) is 21.3 Å². The Morgan fingerprint density at radius 1 is 1.39 bits per heavy atom. The summed E-state index contributed by atoms with van der Waals surface area (Å²) in [6.45, 7) is 0. The summed E-state index contributed by atoms with van der Waals surface area (Å²) in [7, 11) is 1.55. The molecule has 3 rings (SSSR count). The second-order valence-corrected chi connectivity index (χ2v) is 6.49. The van der Waals surface area contributed by atoms with Crippen LogP contribution in [0.2, 0.25) is 0 Å². The van der Waals surface area contributed by atoms with Crippen molar-refractivity contribution in [1.29, 1.82) is 0 Å². The number of carbonyl (C=O) groups excluding carboxylic acids is 1. The minimum atomic E-state index is -0.326. The molecule has 2 N–H and O–H groups in total. The average molecular weight is 349 g/mol. The molecular formula is C15H12FN3O2S2. The topological polar surface area (TPSA) is 74.8 Å². The second kappa shape index (κ2) is 6.51. The molecule has 2 aromatic heterocycles. The average Bonchev–Trinajstić information content (AvgIpc) is 2.98. The highest BCUT2D eigenvalue weighted by Gasteiger charge is 2.13. The zero-order chi connectivity index (χ0) is 16.4. The molecular weight excluding hydrogens is 337 g/mol. The lowest BCUT2D eigenvalue weighted by Crippen LogP contribution is -2.20. The fourth-order valence-corrected chi connectivity index (χ4v) is 3.78. The van der Waals surface area contributed by atoms with E-state index in [1.54, 1.807) is 19.2 Å². The first-order valence-corrected chi connectivity index (χ1v) is 8.56. The Morgan fingerprint density at radius 3 is 2.83 bits per heavy atom. The Hall–Kier alpha value is -2.19. The van der Waals surface area contributed by atoms with E-state index < -0.39 is 0 Å². The van der Waals surface area contributed by atoms with E-state index in [4.69, 9.17) is 0 Å². The Labute approximate surface area is 139 Å². The number of thiophene rings is 1. The van der Waals surface area contributed by atoms with Crippen molar-refractivity contribution in [3.05, 3.63) is 45.8 Å². The Kier molecular flexibility index (Phi) is 4.44. The lowest BCUT2D eigenvalue weighted by atomic mass is 10.1. The van der Waals surface area contributed by atoms with E-state index in [9.17, 15) is 14.0 Å². The number of amides is 1. The molecule has 5 nitrogen and oxygen atoms in total. The smallest absolute Gasteiger partial charge is 0.260 e. The van der Waals surface area contributed by atoms with Crippen LogP contribution in [-0.4, -0.2) is 28.7 Å². The van der Waals surface area contributed by atoms with Crippen molar-refractivity contribution < 1.29 is 9.18 Å². The third kappa shape index (κ3) is 3.27. The molecule has 0 fully saturated rings. The number of hydrogen-bond donors (Lipinski definition) is 2. The summed E-state index contributed by atoms with van der Waals surface area (Å²) in [6.07, 6.45) is 0. The van der Waals surface area contributed by atoms with Gasteiger partial charge in [-0.25, -0.2) is 9.37 Å². The molecule has 0 unspecified atom stereocenters. The number of hydrogen-bond acceptors (Lipinski definition) is 5. The molecule has 2 heterocycles. The molecule has 0 radical (unpaired) electrons. The number of thioether (sulfide) groups is 1. The molecule has 0 saturated heterocycles. The van der Waals surface area contributed by atoms with Gasteiger partial charge in [-0.2, -0.15) is 0 Å². The molecule has 1 aromatic carbocycles. The zero-order valence-corrected chi connectivity index (χ0v) is 13.7. The summed E-state index contributed by atoms with van der Waals surface area (Å²) in [5.74, 6) is -0.287. The van der Waals surface area contributed by atoms with Crippen LogP contribution in [0, 0.1) is 5.82 Å². The van der Waals surface area contributed by atoms with Gasteiger partial charge in [0.2, 0.25) is 5.91 Å². The number of rotatable bonds is 4. The largest absolute Gasteiger partial charge is 0.358 e. The van der Waals surface area contributed by atoms with E-state index in [0.29, 0.717) is 15.4 Å². The fourth-order valence-electron chi connectivity index (χ4n) is 2.05. The molecule has 0 aliphatic rings. The number of aromatic nitrogens is 2. The van der Waals surface area contributed by atoms with Crippen LogP contribution < -0.4 is 10.9 Å². The molecule has 118 valence electrons. The first-order chi connectivity index (χ1) is 11.1. The number of benzene rings is 1. The number of nitrogens with one attached hydrogen (secondary N) is 2. The van der Waals surface area contributed by atoms with Gasteiger partial charge in [-0.1, -0.05) is 23.9 Å². The number of halogens is 1. The van der Waals surface area contributed by atoms with Gasteiger partial charge in [-0.3, -0.25) is 9.59 Å². The minimum Gasteiger partial charge on any atom is -0.358 e. The molecule has 0 aliphatic carbocycles. The number of fused-ring (bicyclic) bond motifs is 1. The predicted molar refractivity (Wildman–Crippen MR) is 90.4 cm³/mol. The van der Waals surface area contributed by atoms with Crippen molar-refractivity contribution >= 4 is 39.2 Å². The van der Waals surface area contributed by atoms with Crippen molar-refractivity contribution in [3.8, 4) is 11.1 Å². The number of H-pyrrole nitrogens is 1. The fraction of sp³-hybridized carbons (Fsp3) is 0.133. The summed E-state index contributed by atoms with van der Waals surface area (Å²) in [5.41, 5.74) is 1.22. The van der Waals surface area contributed by atoms with Gasteiger partial charge in [0.05, 0.1) is 11.1 Å². The first-order valence-electron chi connectivity index (χ1n) is 6.69. The summed E-state index contributed by atoms with van der Waals surface area (Å²) >= 11 is 2.51. The highest BCUT2D eigenvalue weighted by Crippen LogP contribution is 2.31. The van der Waals surface area contributed by atoms with Gasteiger partial charge in [0.25, 0.3) is 5.56 Å². The second-order valence-electron chi connectivity index (χ2n) is 4.67. The molecule has 1 amide bonds. The summed E-state index contributed by atoms with van der Waals surface area (Å²) in [5, 5.41) is 5.22. The van der Waals surface area contributed by atoms with Gasteiger partial charge in [0, 0.05) is 18.0 Å². The van der Waals surface area contributed by atoms with E-state index in [1.807, 2.05) is 5.38 Å². The molecule has 0 spiro atoms. The highest BCUT2D eigenvalue weighted by molar-refractivity contribution is 7.99. The summed E-state index contributed by atoms with van der Waals surface area (Å²) in [6, 6.07) is 5.97. The first kappa shape index (κ1) is 15.7. The van der Waals surface area contributed by atoms with Crippen LogP contribution >= 0.6 is 23.1 Å². The van der Waals surface area contributed by atoms with Crippen LogP contribution in [-0.2, 0) is 4.79 Å². The molecule has 0 saturated carbocycles. The van der Waals surface area contributed by atoms with Crippen molar-refractivity contribution in [2.45, 2.75) is 5.16 Å². The van der Waals surface area contributed by atoms with E-state index in [1.165, 1.54) is 35.2 Å². The normalized spacial score (nSPS) is 10.9. The van der Waals surface area contributed by atoms with Crippen LogP contribution in [0.3, 0.4) is 0 Å². The maximum atomic E-state index is 13.0. The van der Waals surface area contributed by atoms with E-state index in [0.717, 1.165) is 11.1 Å². The van der Waals surface area contributed by atoms with Crippen LogP contribution in [0.1, 0.15) is 0 Å². The molecule has 3 aromatic rings. The summed E-state index contributed by atoms with van der Waals surface area (Å²) in [4.78, 5) is 31.3. The molecule has 0 atom stereocenters. The standard InChI is InChI=1S/C15H12FN3O2S2/c1-17-11(20)7-23-15-18-13(21)12-10(6-22-14(12)19-15)8-2-4-9(16)5-3-8/h2-6H,7H2,1H3,(H,17,20)(H,18,19,21). The van der Waals surface area contributed by atoms with E-state index >= 15 is 0 Å². The van der Waals surface area contributed by atoms with Crippen LogP contribution in [0.15, 0.2) is 39.6 Å².